The molecule has 0 amide bonds. The summed E-state index contributed by atoms with van der Waals surface area (Å²) in [6.07, 6.45) is 2.15. The lowest BCUT2D eigenvalue weighted by Crippen LogP contribution is -1.95. The summed E-state index contributed by atoms with van der Waals surface area (Å²) < 4.78 is 5.25. The zero-order valence-corrected chi connectivity index (χ0v) is 8.68. The Bertz CT molecular complexity index is 230. The lowest BCUT2D eigenvalue weighted by molar-refractivity contribution is 0.145. The van der Waals surface area contributed by atoms with Crippen molar-refractivity contribution < 1.29 is 4.74 Å². The Kier molecular flexibility index (Phi) is 4.87. The van der Waals surface area contributed by atoms with E-state index in [0.29, 0.717) is 0 Å². The van der Waals surface area contributed by atoms with Crippen LogP contribution < -0.4 is 0 Å². The van der Waals surface area contributed by atoms with Crippen LogP contribution in [0.5, 0.6) is 0 Å². The molecule has 2 heteroatoms. The van der Waals surface area contributed by atoms with Gasteiger partial charge in [0.15, 0.2) is 0 Å². The summed E-state index contributed by atoms with van der Waals surface area (Å²) in [5, 5.41) is 0.800. The molecule has 0 aliphatic carbocycles. The highest BCUT2D eigenvalue weighted by atomic mass is 35.5. The smallest absolute Gasteiger partial charge is 0.0469 e. The maximum absolute atomic E-state index is 5.77. The monoisotopic (exact) mass is 198 g/mol. The summed E-state index contributed by atoms with van der Waals surface area (Å²) in [5.41, 5.74) is 1.32. The van der Waals surface area contributed by atoms with Gasteiger partial charge in [-0.25, -0.2) is 0 Å². The maximum atomic E-state index is 5.77. The summed E-state index contributed by atoms with van der Waals surface area (Å²) in [4.78, 5) is 0. The third-order valence-corrected chi connectivity index (χ3v) is 2.12. The Labute approximate surface area is 84.7 Å². The van der Waals surface area contributed by atoms with Crippen LogP contribution in [0, 0.1) is 0 Å². The van der Waals surface area contributed by atoms with E-state index in [1.807, 2.05) is 19.1 Å². The number of ether oxygens (including phenoxy) is 1. The van der Waals surface area contributed by atoms with Crippen molar-refractivity contribution >= 4 is 11.6 Å². The molecule has 0 radical (unpaired) electrons. The Balaban J connectivity index is 2.25. The van der Waals surface area contributed by atoms with E-state index in [1.165, 1.54) is 5.56 Å². The number of halogens is 1. The molecular weight excluding hydrogens is 184 g/mol. The maximum Gasteiger partial charge on any atom is 0.0469 e. The van der Waals surface area contributed by atoms with Gasteiger partial charge in [-0.05, 0) is 37.5 Å². The minimum Gasteiger partial charge on any atom is -0.382 e. The number of rotatable bonds is 5. The summed E-state index contributed by atoms with van der Waals surface area (Å²) >= 11 is 5.77. The molecule has 0 N–H and O–H groups in total. The molecule has 1 aromatic rings. The predicted molar refractivity (Wildman–Crippen MR) is 56.3 cm³/mol. The first kappa shape index (κ1) is 10.6. The predicted octanol–water partition coefficient (Wildman–Crippen LogP) is 3.31. The molecule has 0 fully saturated rings. The van der Waals surface area contributed by atoms with Crippen molar-refractivity contribution in [2.75, 3.05) is 13.2 Å². The Hall–Kier alpha value is -0.530. The molecule has 0 aliphatic rings. The van der Waals surface area contributed by atoms with Gasteiger partial charge in [-0.3, -0.25) is 0 Å². The van der Waals surface area contributed by atoms with Crippen LogP contribution in [0.15, 0.2) is 24.3 Å². The van der Waals surface area contributed by atoms with Crippen LogP contribution >= 0.6 is 11.6 Å². The van der Waals surface area contributed by atoms with Gasteiger partial charge in [-0.15, -0.1) is 0 Å². The average molecular weight is 199 g/mol. The molecule has 0 spiro atoms. The van der Waals surface area contributed by atoms with Gasteiger partial charge in [0.2, 0.25) is 0 Å². The van der Waals surface area contributed by atoms with Crippen LogP contribution in [0.3, 0.4) is 0 Å². The van der Waals surface area contributed by atoms with E-state index in [-0.39, 0.29) is 0 Å². The van der Waals surface area contributed by atoms with Gasteiger partial charge < -0.3 is 4.74 Å². The molecule has 1 rings (SSSR count). The fourth-order valence-corrected chi connectivity index (χ4v) is 1.30. The molecule has 0 saturated heterocycles. The van der Waals surface area contributed by atoms with Crippen LogP contribution in [-0.2, 0) is 11.2 Å². The fraction of sp³-hybridized carbons (Fsp3) is 0.455. The van der Waals surface area contributed by atoms with Gasteiger partial charge in [0, 0.05) is 18.2 Å². The van der Waals surface area contributed by atoms with Crippen molar-refractivity contribution in [2.24, 2.45) is 0 Å². The number of hydrogen-bond donors (Lipinski definition) is 0. The van der Waals surface area contributed by atoms with E-state index in [9.17, 15) is 0 Å². The number of aryl methyl sites for hydroxylation is 1. The molecule has 72 valence electrons. The number of benzene rings is 1. The first-order valence-electron chi connectivity index (χ1n) is 4.65. The Morgan fingerprint density at radius 1 is 1.23 bits per heavy atom. The highest BCUT2D eigenvalue weighted by Gasteiger charge is 1.93. The summed E-state index contributed by atoms with van der Waals surface area (Å²) in [5.74, 6) is 0. The van der Waals surface area contributed by atoms with Crippen LogP contribution in [0.4, 0.5) is 0 Å². The molecular formula is C11H15ClO. The van der Waals surface area contributed by atoms with E-state index in [2.05, 4.69) is 12.1 Å². The SMILES string of the molecule is CCOCCCc1ccc(Cl)cc1. The van der Waals surface area contributed by atoms with Crippen molar-refractivity contribution in [3.8, 4) is 0 Å². The molecule has 1 nitrogen and oxygen atoms in total. The van der Waals surface area contributed by atoms with Crippen LogP contribution in [-0.4, -0.2) is 13.2 Å². The van der Waals surface area contributed by atoms with Gasteiger partial charge in [-0.1, -0.05) is 23.7 Å². The first-order valence-corrected chi connectivity index (χ1v) is 5.03. The van der Waals surface area contributed by atoms with Crippen LogP contribution in [0.25, 0.3) is 0 Å². The minimum atomic E-state index is 0.800. The zero-order valence-electron chi connectivity index (χ0n) is 7.92. The average Bonchev–Trinajstić information content (AvgIpc) is 2.15. The quantitative estimate of drug-likeness (QED) is 0.660. The second-order valence-corrected chi connectivity index (χ2v) is 3.36. The van der Waals surface area contributed by atoms with Crippen molar-refractivity contribution in [1.82, 2.24) is 0 Å². The molecule has 0 heterocycles. The lowest BCUT2D eigenvalue weighted by Gasteiger charge is -2.01. The normalized spacial score (nSPS) is 10.3. The third-order valence-electron chi connectivity index (χ3n) is 1.87. The molecule has 1 aromatic carbocycles. The topological polar surface area (TPSA) is 9.23 Å². The first-order chi connectivity index (χ1) is 6.33. The molecule has 0 aromatic heterocycles. The van der Waals surface area contributed by atoms with Crippen molar-refractivity contribution in [2.45, 2.75) is 19.8 Å². The molecule has 0 unspecified atom stereocenters. The second kappa shape index (κ2) is 6.01. The second-order valence-electron chi connectivity index (χ2n) is 2.93. The van der Waals surface area contributed by atoms with E-state index in [1.54, 1.807) is 0 Å². The number of hydrogen-bond acceptors (Lipinski definition) is 1. The standard InChI is InChI=1S/C11H15ClO/c1-2-13-9-3-4-10-5-7-11(12)8-6-10/h5-8H,2-4,9H2,1H3. The summed E-state index contributed by atoms with van der Waals surface area (Å²) in [6.45, 7) is 3.67. The van der Waals surface area contributed by atoms with Crippen molar-refractivity contribution in [1.29, 1.82) is 0 Å². The van der Waals surface area contributed by atoms with E-state index in [0.717, 1.165) is 31.1 Å². The molecule has 0 bridgehead atoms. The van der Waals surface area contributed by atoms with Gasteiger partial charge in [0.25, 0.3) is 0 Å². The van der Waals surface area contributed by atoms with Crippen molar-refractivity contribution in [3.05, 3.63) is 34.9 Å². The Morgan fingerprint density at radius 2 is 1.92 bits per heavy atom. The largest absolute Gasteiger partial charge is 0.382 e. The van der Waals surface area contributed by atoms with Gasteiger partial charge in [0.05, 0.1) is 0 Å². The van der Waals surface area contributed by atoms with E-state index < -0.39 is 0 Å². The zero-order chi connectivity index (χ0) is 9.52. The molecule has 0 atom stereocenters. The van der Waals surface area contributed by atoms with Crippen LogP contribution in [0.2, 0.25) is 5.02 Å². The summed E-state index contributed by atoms with van der Waals surface area (Å²) in [7, 11) is 0. The van der Waals surface area contributed by atoms with Gasteiger partial charge >= 0.3 is 0 Å². The van der Waals surface area contributed by atoms with E-state index >= 15 is 0 Å². The Morgan fingerprint density at radius 3 is 2.54 bits per heavy atom. The fourth-order valence-electron chi connectivity index (χ4n) is 1.17. The highest BCUT2D eigenvalue weighted by molar-refractivity contribution is 6.30. The summed E-state index contributed by atoms with van der Waals surface area (Å²) in [6, 6.07) is 7.98. The molecule has 0 aliphatic heterocycles. The molecule has 0 saturated carbocycles. The highest BCUT2D eigenvalue weighted by Crippen LogP contribution is 2.10. The van der Waals surface area contributed by atoms with E-state index in [4.69, 9.17) is 16.3 Å². The van der Waals surface area contributed by atoms with Crippen LogP contribution in [0.1, 0.15) is 18.9 Å². The van der Waals surface area contributed by atoms with Gasteiger partial charge in [0.1, 0.15) is 0 Å². The van der Waals surface area contributed by atoms with Gasteiger partial charge in [-0.2, -0.15) is 0 Å². The minimum absolute atomic E-state index is 0.800. The molecule has 13 heavy (non-hydrogen) atoms. The van der Waals surface area contributed by atoms with Crippen molar-refractivity contribution in [3.63, 3.8) is 0 Å². The third kappa shape index (κ3) is 4.30. The lowest BCUT2D eigenvalue weighted by atomic mass is 10.1.